The lowest BCUT2D eigenvalue weighted by atomic mass is 10.7. The van der Waals surface area contributed by atoms with Crippen molar-refractivity contribution in [2.75, 3.05) is 4.72 Å². The minimum Gasteiger partial charge on any atom is -0.274 e. The number of anilines is 1. The van der Waals surface area contributed by atoms with Crippen molar-refractivity contribution in [3.63, 3.8) is 0 Å². The zero-order valence-corrected chi connectivity index (χ0v) is 13.5. The maximum Gasteiger partial charge on any atom is 0.266 e. The average Bonchev–Trinajstić information content (AvgIpc) is 2.72. The molecule has 0 fully saturated rings. The third-order valence-corrected chi connectivity index (χ3v) is 6.77. The lowest BCUT2D eigenvalue weighted by molar-refractivity contribution is 0.601. The van der Waals surface area contributed by atoms with E-state index in [9.17, 15) is 8.42 Å². The quantitative estimate of drug-likeness (QED) is 0.873. The summed E-state index contributed by atoms with van der Waals surface area (Å²) in [4.78, 5) is -0.0789. The summed E-state index contributed by atoms with van der Waals surface area (Å²) in [5.74, 6) is 0.211. The van der Waals surface area contributed by atoms with Gasteiger partial charge in [0.1, 0.15) is 13.6 Å². The standard InChI is InChI=1S/C8H6BrCl2N3O2S2/c1-14-3-2-4(12-14)13-18(15,16)6-5(9)7(10)17-8(6)11/h2-3H,1H3,(H,12,13). The number of rotatable bonds is 3. The van der Waals surface area contributed by atoms with Crippen molar-refractivity contribution in [2.45, 2.75) is 4.90 Å². The van der Waals surface area contributed by atoms with Crippen LogP contribution >= 0.6 is 50.5 Å². The van der Waals surface area contributed by atoms with Gasteiger partial charge in [0.2, 0.25) is 0 Å². The number of aryl methyl sites for hydroxylation is 1. The van der Waals surface area contributed by atoms with Crippen molar-refractivity contribution >= 4 is 66.3 Å². The van der Waals surface area contributed by atoms with E-state index in [4.69, 9.17) is 23.2 Å². The highest BCUT2D eigenvalue weighted by atomic mass is 79.9. The Morgan fingerprint density at radius 3 is 2.56 bits per heavy atom. The van der Waals surface area contributed by atoms with Crippen molar-refractivity contribution < 1.29 is 8.42 Å². The van der Waals surface area contributed by atoms with Gasteiger partial charge in [-0.3, -0.25) is 9.40 Å². The molecule has 98 valence electrons. The van der Waals surface area contributed by atoms with Gasteiger partial charge in [-0.05, 0) is 15.9 Å². The maximum atomic E-state index is 12.1. The van der Waals surface area contributed by atoms with Gasteiger partial charge in [0.25, 0.3) is 10.0 Å². The predicted molar refractivity (Wildman–Crippen MR) is 76.1 cm³/mol. The SMILES string of the molecule is Cn1ccc(NS(=O)(=O)c2c(Cl)sc(Cl)c2Br)n1. The summed E-state index contributed by atoms with van der Waals surface area (Å²) in [5.41, 5.74) is 0. The molecule has 0 radical (unpaired) electrons. The molecule has 0 atom stereocenters. The van der Waals surface area contributed by atoms with Crippen molar-refractivity contribution in [3.8, 4) is 0 Å². The first-order valence-electron chi connectivity index (χ1n) is 4.47. The number of halogens is 3. The topological polar surface area (TPSA) is 64.0 Å². The molecule has 2 heterocycles. The Bertz CT molecular complexity index is 695. The molecule has 1 N–H and O–H groups in total. The second-order valence-electron chi connectivity index (χ2n) is 3.27. The van der Waals surface area contributed by atoms with Crippen LogP contribution in [-0.2, 0) is 17.1 Å². The summed E-state index contributed by atoms with van der Waals surface area (Å²) in [6.45, 7) is 0. The fourth-order valence-electron chi connectivity index (χ4n) is 1.23. The predicted octanol–water partition coefficient (Wildman–Crippen LogP) is 3.35. The molecule has 2 rings (SSSR count). The zero-order valence-electron chi connectivity index (χ0n) is 8.82. The van der Waals surface area contributed by atoms with Gasteiger partial charge in [-0.2, -0.15) is 5.10 Å². The third kappa shape index (κ3) is 2.67. The van der Waals surface area contributed by atoms with E-state index in [0.717, 1.165) is 11.3 Å². The van der Waals surface area contributed by atoms with Gasteiger partial charge >= 0.3 is 0 Å². The van der Waals surface area contributed by atoms with Crippen LogP contribution in [-0.4, -0.2) is 18.2 Å². The summed E-state index contributed by atoms with van der Waals surface area (Å²) >= 11 is 15.8. The van der Waals surface area contributed by atoms with Crippen LogP contribution in [0.15, 0.2) is 21.6 Å². The zero-order chi connectivity index (χ0) is 13.5. The van der Waals surface area contributed by atoms with Crippen LogP contribution in [0, 0.1) is 0 Å². The molecule has 0 aromatic carbocycles. The molecule has 0 spiro atoms. The summed E-state index contributed by atoms with van der Waals surface area (Å²) in [5, 5.41) is 3.93. The Morgan fingerprint density at radius 2 is 2.11 bits per heavy atom. The van der Waals surface area contributed by atoms with Crippen LogP contribution in [0.3, 0.4) is 0 Å². The van der Waals surface area contributed by atoms with E-state index in [1.807, 2.05) is 0 Å². The van der Waals surface area contributed by atoms with E-state index in [-0.39, 0.29) is 23.9 Å². The van der Waals surface area contributed by atoms with Crippen molar-refractivity contribution in [1.29, 1.82) is 0 Å². The summed E-state index contributed by atoms with van der Waals surface area (Å²) in [7, 11) is -2.14. The average molecular weight is 391 g/mol. The Balaban J connectivity index is 2.43. The summed E-state index contributed by atoms with van der Waals surface area (Å²) in [6.07, 6.45) is 1.62. The number of aromatic nitrogens is 2. The first-order valence-corrected chi connectivity index (χ1v) is 8.32. The smallest absolute Gasteiger partial charge is 0.266 e. The maximum absolute atomic E-state index is 12.1. The van der Waals surface area contributed by atoms with Gasteiger partial charge in [-0.1, -0.05) is 23.2 Å². The molecule has 18 heavy (non-hydrogen) atoms. The van der Waals surface area contributed by atoms with Gasteiger partial charge in [0.15, 0.2) is 5.82 Å². The highest BCUT2D eigenvalue weighted by Crippen LogP contribution is 2.43. The van der Waals surface area contributed by atoms with Gasteiger partial charge in [0, 0.05) is 19.3 Å². The van der Waals surface area contributed by atoms with Crippen LogP contribution < -0.4 is 4.72 Å². The molecule has 0 aliphatic rings. The molecule has 0 bridgehead atoms. The van der Waals surface area contributed by atoms with E-state index < -0.39 is 10.0 Å². The van der Waals surface area contributed by atoms with Gasteiger partial charge in [0.05, 0.1) is 4.47 Å². The molecular weight excluding hydrogens is 385 g/mol. The van der Waals surface area contributed by atoms with E-state index in [1.165, 1.54) is 10.7 Å². The molecule has 0 saturated carbocycles. The van der Waals surface area contributed by atoms with Gasteiger partial charge in [-0.25, -0.2) is 8.42 Å². The molecule has 5 nitrogen and oxygen atoms in total. The van der Waals surface area contributed by atoms with E-state index in [0.29, 0.717) is 0 Å². The third-order valence-electron chi connectivity index (χ3n) is 1.95. The molecular formula is C8H6BrCl2N3O2S2. The minimum absolute atomic E-state index is 0.0789. The lowest BCUT2D eigenvalue weighted by Gasteiger charge is -2.04. The number of thiophene rings is 1. The largest absolute Gasteiger partial charge is 0.274 e. The normalized spacial score (nSPS) is 11.8. The Hall–Kier alpha value is -0.280. The lowest BCUT2D eigenvalue weighted by Crippen LogP contribution is -2.13. The first-order chi connectivity index (χ1) is 8.31. The molecule has 2 aromatic heterocycles. The number of hydrogen-bond donors (Lipinski definition) is 1. The highest BCUT2D eigenvalue weighted by molar-refractivity contribution is 9.10. The first kappa shape index (κ1) is 14.1. The molecule has 0 saturated heterocycles. The van der Waals surface area contributed by atoms with Gasteiger partial charge < -0.3 is 0 Å². The molecule has 0 aliphatic heterocycles. The van der Waals surface area contributed by atoms with Crippen LogP contribution in [0.25, 0.3) is 0 Å². The highest BCUT2D eigenvalue weighted by Gasteiger charge is 2.26. The number of hydrogen-bond acceptors (Lipinski definition) is 4. The van der Waals surface area contributed by atoms with E-state index in [1.54, 1.807) is 13.2 Å². The van der Waals surface area contributed by atoms with Crippen LogP contribution in [0.4, 0.5) is 5.82 Å². The van der Waals surface area contributed by atoms with Crippen molar-refractivity contribution in [3.05, 3.63) is 25.4 Å². The minimum atomic E-state index is -3.82. The number of nitrogens with zero attached hydrogens (tertiary/aromatic N) is 2. The van der Waals surface area contributed by atoms with Crippen LogP contribution in [0.5, 0.6) is 0 Å². The molecule has 0 aliphatic carbocycles. The second-order valence-corrected chi connectivity index (χ2v) is 7.91. The fraction of sp³-hybridized carbons (Fsp3) is 0.125. The van der Waals surface area contributed by atoms with Gasteiger partial charge in [-0.15, -0.1) is 11.3 Å². The summed E-state index contributed by atoms with van der Waals surface area (Å²) in [6, 6.07) is 1.54. The monoisotopic (exact) mass is 389 g/mol. The van der Waals surface area contributed by atoms with E-state index >= 15 is 0 Å². The Labute approximate surface area is 126 Å². The Morgan fingerprint density at radius 1 is 1.44 bits per heavy atom. The molecule has 0 unspecified atom stereocenters. The van der Waals surface area contributed by atoms with Crippen LogP contribution in [0.2, 0.25) is 8.67 Å². The fourth-order valence-corrected chi connectivity index (χ4v) is 5.78. The second kappa shape index (κ2) is 5.01. The number of nitrogens with one attached hydrogen (secondary N) is 1. The van der Waals surface area contributed by atoms with Crippen molar-refractivity contribution in [1.82, 2.24) is 9.78 Å². The Kier molecular flexibility index (Phi) is 3.93. The number of sulfonamides is 1. The van der Waals surface area contributed by atoms with Crippen LogP contribution in [0.1, 0.15) is 0 Å². The van der Waals surface area contributed by atoms with Crippen molar-refractivity contribution in [2.24, 2.45) is 7.05 Å². The summed E-state index contributed by atoms with van der Waals surface area (Å²) < 4.78 is 28.7. The molecule has 2 aromatic rings. The molecule has 0 amide bonds. The molecule has 10 heteroatoms. The van der Waals surface area contributed by atoms with E-state index in [2.05, 4.69) is 25.8 Å².